The molecular weight excluding hydrogens is 254 g/mol. The summed E-state index contributed by atoms with van der Waals surface area (Å²) in [6.45, 7) is 0.873. The topological polar surface area (TPSA) is 24.9 Å². The van der Waals surface area contributed by atoms with Gasteiger partial charge in [-0.2, -0.15) is 0 Å². The molecule has 0 aliphatic heterocycles. The van der Waals surface area contributed by atoms with Gasteiger partial charge < -0.3 is 5.32 Å². The van der Waals surface area contributed by atoms with Crippen LogP contribution in [0, 0.1) is 5.92 Å². The largest absolute Gasteiger partial charge is 0.369 e. The summed E-state index contributed by atoms with van der Waals surface area (Å²) in [6.07, 6.45) is 3.72. The molecule has 0 aromatic carbocycles. The van der Waals surface area contributed by atoms with Gasteiger partial charge in [0.1, 0.15) is 5.82 Å². The molecule has 1 saturated carbocycles. The Kier molecular flexibility index (Phi) is 3.60. The van der Waals surface area contributed by atoms with E-state index in [4.69, 9.17) is 34.8 Å². The fraction of sp³-hybridized carbons (Fsp3) is 0.500. The first-order valence-corrected chi connectivity index (χ1v) is 6.03. The average molecular weight is 266 g/mol. The zero-order chi connectivity index (χ0) is 10.8. The maximum absolute atomic E-state index is 5.97. The molecule has 1 aromatic heterocycles. The number of anilines is 1. The zero-order valence-corrected chi connectivity index (χ0v) is 10.3. The first kappa shape index (κ1) is 11.3. The lowest BCUT2D eigenvalue weighted by Crippen LogP contribution is -2.30. The summed E-state index contributed by atoms with van der Waals surface area (Å²) in [4.78, 5) is 4.12. The van der Waals surface area contributed by atoms with Crippen LogP contribution < -0.4 is 5.32 Å². The molecule has 0 saturated heterocycles. The Morgan fingerprint density at radius 3 is 2.73 bits per heavy atom. The fourth-order valence-electron chi connectivity index (χ4n) is 1.61. The highest BCUT2D eigenvalue weighted by molar-refractivity contribution is 6.35. The number of halogens is 3. The molecule has 0 atom stereocenters. The Bertz CT molecular complexity index is 351. The van der Waals surface area contributed by atoms with Crippen LogP contribution in [0.1, 0.15) is 12.8 Å². The Morgan fingerprint density at radius 1 is 1.40 bits per heavy atom. The molecule has 1 aromatic rings. The van der Waals surface area contributed by atoms with Crippen LogP contribution in [0.15, 0.2) is 12.3 Å². The van der Waals surface area contributed by atoms with Gasteiger partial charge in [-0.25, -0.2) is 4.98 Å². The zero-order valence-electron chi connectivity index (χ0n) is 8.01. The van der Waals surface area contributed by atoms with Crippen LogP contribution in [0.2, 0.25) is 10.0 Å². The van der Waals surface area contributed by atoms with Gasteiger partial charge in [-0.05, 0) is 24.8 Å². The van der Waals surface area contributed by atoms with Gasteiger partial charge in [-0.15, -0.1) is 11.6 Å². The van der Waals surface area contributed by atoms with Gasteiger partial charge in [0.15, 0.2) is 0 Å². The van der Waals surface area contributed by atoms with Crippen molar-refractivity contribution in [1.29, 1.82) is 0 Å². The summed E-state index contributed by atoms with van der Waals surface area (Å²) in [5.41, 5.74) is 0. The van der Waals surface area contributed by atoms with E-state index in [1.165, 1.54) is 0 Å². The minimum atomic E-state index is 0.352. The molecule has 0 bridgehead atoms. The molecule has 2 rings (SSSR count). The fourth-order valence-corrected chi connectivity index (χ4v) is 2.56. The number of nitrogens with zero attached hydrogens (tertiary/aromatic N) is 1. The Labute approximate surface area is 104 Å². The summed E-state index contributed by atoms with van der Waals surface area (Å²) >= 11 is 17.6. The molecule has 1 heterocycles. The molecule has 2 nitrogen and oxygen atoms in total. The van der Waals surface area contributed by atoms with Gasteiger partial charge in [0.2, 0.25) is 0 Å². The summed E-state index contributed by atoms with van der Waals surface area (Å²) in [5.74, 6) is 1.33. The number of rotatable bonds is 3. The summed E-state index contributed by atoms with van der Waals surface area (Å²) in [5, 5.41) is 4.66. The number of aromatic nitrogens is 1. The number of pyridine rings is 1. The van der Waals surface area contributed by atoms with Gasteiger partial charge in [0, 0.05) is 18.1 Å². The Morgan fingerprint density at radius 2 is 2.13 bits per heavy atom. The number of alkyl halides is 1. The Hall–Kier alpha value is -0.180. The van der Waals surface area contributed by atoms with E-state index < -0.39 is 0 Å². The van der Waals surface area contributed by atoms with Gasteiger partial charge >= 0.3 is 0 Å². The van der Waals surface area contributed by atoms with E-state index in [2.05, 4.69) is 10.3 Å². The molecule has 0 radical (unpaired) electrons. The smallest absolute Gasteiger partial charge is 0.144 e. The van der Waals surface area contributed by atoms with Crippen molar-refractivity contribution in [3.8, 4) is 0 Å². The minimum Gasteiger partial charge on any atom is -0.369 e. The molecule has 1 aliphatic carbocycles. The molecule has 1 fully saturated rings. The standard InChI is InChI=1S/C10H11Cl3N2/c11-7-1-6(2-7)4-14-10-9(13)3-8(12)5-15-10/h3,5-7H,1-2,4H2,(H,14,15). The maximum atomic E-state index is 5.97. The normalized spacial score (nSPS) is 24.7. The van der Waals surface area contributed by atoms with E-state index in [-0.39, 0.29) is 0 Å². The van der Waals surface area contributed by atoms with Gasteiger partial charge in [0.05, 0.1) is 10.0 Å². The van der Waals surface area contributed by atoms with Gasteiger partial charge in [-0.1, -0.05) is 23.2 Å². The number of hydrogen-bond donors (Lipinski definition) is 1. The highest BCUT2D eigenvalue weighted by atomic mass is 35.5. The first-order valence-electron chi connectivity index (χ1n) is 4.84. The number of nitrogens with one attached hydrogen (secondary N) is 1. The number of hydrogen-bond acceptors (Lipinski definition) is 2. The average Bonchev–Trinajstić information content (AvgIpc) is 2.13. The first-order chi connectivity index (χ1) is 7.15. The third-order valence-electron chi connectivity index (χ3n) is 2.54. The lowest BCUT2D eigenvalue weighted by molar-refractivity contribution is 0.341. The van der Waals surface area contributed by atoms with Crippen LogP contribution in [0.3, 0.4) is 0 Å². The molecular formula is C10H11Cl3N2. The van der Waals surface area contributed by atoms with Crippen molar-refractivity contribution in [2.75, 3.05) is 11.9 Å². The predicted octanol–water partition coefficient (Wildman–Crippen LogP) is 3.82. The molecule has 82 valence electrons. The summed E-state index contributed by atoms with van der Waals surface area (Å²) < 4.78 is 0. The molecule has 0 spiro atoms. The summed E-state index contributed by atoms with van der Waals surface area (Å²) in [6, 6.07) is 1.68. The van der Waals surface area contributed by atoms with Crippen molar-refractivity contribution in [2.45, 2.75) is 18.2 Å². The van der Waals surface area contributed by atoms with Crippen molar-refractivity contribution in [3.63, 3.8) is 0 Å². The van der Waals surface area contributed by atoms with E-state index in [9.17, 15) is 0 Å². The molecule has 15 heavy (non-hydrogen) atoms. The van der Waals surface area contributed by atoms with Crippen LogP contribution in [-0.4, -0.2) is 16.9 Å². The Balaban J connectivity index is 1.88. The van der Waals surface area contributed by atoms with Crippen molar-refractivity contribution >= 4 is 40.6 Å². The van der Waals surface area contributed by atoms with Crippen LogP contribution in [0.4, 0.5) is 5.82 Å². The van der Waals surface area contributed by atoms with Gasteiger partial charge in [-0.3, -0.25) is 0 Å². The van der Waals surface area contributed by atoms with Crippen molar-refractivity contribution in [2.24, 2.45) is 5.92 Å². The van der Waals surface area contributed by atoms with Crippen molar-refractivity contribution in [3.05, 3.63) is 22.3 Å². The minimum absolute atomic E-state index is 0.352. The van der Waals surface area contributed by atoms with Crippen LogP contribution in [0.25, 0.3) is 0 Å². The lowest BCUT2D eigenvalue weighted by atomic mass is 9.85. The molecule has 0 amide bonds. The molecule has 5 heteroatoms. The van der Waals surface area contributed by atoms with Crippen molar-refractivity contribution < 1.29 is 0 Å². The third kappa shape index (κ3) is 2.90. The quantitative estimate of drug-likeness (QED) is 0.841. The van der Waals surface area contributed by atoms with E-state index in [1.54, 1.807) is 12.3 Å². The summed E-state index contributed by atoms with van der Waals surface area (Å²) in [7, 11) is 0. The van der Waals surface area contributed by atoms with Crippen LogP contribution in [-0.2, 0) is 0 Å². The third-order valence-corrected chi connectivity index (χ3v) is 3.40. The highest BCUT2D eigenvalue weighted by Gasteiger charge is 2.26. The second kappa shape index (κ2) is 4.77. The van der Waals surface area contributed by atoms with Crippen LogP contribution >= 0.6 is 34.8 Å². The van der Waals surface area contributed by atoms with E-state index in [0.717, 1.165) is 19.4 Å². The molecule has 1 N–H and O–H groups in total. The van der Waals surface area contributed by atoms with E-state index in [1.807, 2.05) is 0 Å². The van der Waals surface area contributed by atoms with Crippen molar-refractivity contribution in [1.82, 2.24) is 4.98 Å². The van der Waals surface area contributed by atoms with Crippen LogP contribution in [0.5, 0.6) is 0 Å². The SMILES string of the molecule is Clc1cnc(NCC2CC(Cl)C2)c(Cl)c1. The predicted molar refractivity (Wildman–Crippen MR) is 65.1 cm³/mol. The van der Waals surface area contributed by atoms with E-state index in [0.29, 0.717) is 27.2 Å². The van der Waals surface area contributed by atoms with Gasteiger partial charge in [0.25, 0.3) is 0 Å². The molecule has 1 aliphatic rings. The second-order valence-corrected chi connectivity index (χ2v) is 5.26. The maximum Gasteiger partial charge on any atom is 0.144 e. The second-order valence-electron chi connectivity index (χ2n) is 3.80. The van der Waals surface area contributed by atoms with E-state index >= 15 is 0 Å². The molecule has 0 unspecified atom stereocenters. The monoisotopic (exact) mass is 264 g/mol. The lowest BCUT2D eigenvalue weighted by Gasteiger charge is -2.31. The highest BCUT2D eigenvalue weighted by Crippen LogP contribution is 2.32.